The van der Waals surface area contributed by atoms with Gasteiger partial charge in [0.25, 0.3) is 0 Å². The van der Waals surface area contributed by atoms with Crippen molar-refractivity contribution in [1.29, 1.82) is 21.0 Å². The molecule has 4 heterocycles. The van der Waals surface area contributed by atoms with Crippen molar-refractivity contribution in [3.63, 3.8) is 0 Å². The third kappa shape index (κ3) is 7.58. The zero-order valence-electron chi connectivity index (χ0n) is 38.2. The van der Waals surface area contributed by atoms with Crippen molar-refractivity contribution in [2.24, 2.45) is 0 Å². The fourth-order valence-corrected chi connectivity index (χ4v) is 10.0. The molecular formula is C64H34N8. The molecule has 8 aromatic carbocycles. The van der Waals surface area contributed by atoms with E-state index < -0.39 is 0 Å². The van der Waals surface area contributed by atoms with Crippen molar-refractivity contribution in [1.82, 2.24) is 19.9 Å². The van der Waals surface area contributed by atoms with E-state index in [1.165, 1.54) is 0 Å². The number of nitrogens with zero attached hydrogens (tertiary/aromatic N) is 8. The molecule has 0 aliphatic carbocycles. The average molecular weight is 915 g/mol. The van der Waals surface area contributed by atoms with Crippen LogP contribution in [0.1, 0.15) is 22.8 Å². The third-order valence-electron chi connectivity index (χ3n) is 13.5. The summed E-state index contributed by atoms with van der Waals surface area (Å²) in [5.74, 6) is 0. The maximum absolute atomic E-state index is 9.59. The second-order valence-corrected chi connectivity index (χ2v) is 17.5. The smallest absolute Gasteiger partial charge is 0.141 e. The van der Waals surface area contributed by atoms with Crippen molar-refractivity contribution >= 4 is 32.3 Å². The van der Waals surface area contributed by atoms with E-state index in [0.717, 1.165) is 121 Å². The van der Waals surface area contributed by atoms with Crippen LogP contribution in [0.4, 0.5) is 0 Å². The number of benzene rings is 8. The molecule has 0 unspecified atom stereocenters. The summed E-state index contributed by atoms with van der Waals surface area (Å²) in [6.07, 6.45) is 6.67. The quantitative estimate of drug-likeness (QED) is 0.137. The van der Waals surface area contributed by atoms with Crippen LogP contribution >= 0.6 is 0 Å². The standard InChI is InChI=1S/C64H34N8/c65-35-51-29-47(21-25-69-51)39-1-9-43(10-2-39)59-33-60(44-11-3-40(4-12-44)48-22-26-70-52(30-48)36-66)56-19-20-58-62(46-15-7-42(8-16-46)50-24-28-72-54(32-50)38-68)34-61(57-18-17-55(59)63(56)64(57)58)45-13-5-41(6-14-45)49-23-27-71-53(31-49)37-67/h1-34H. The Morgan fingerprint density at radius 1 is 0.222 bits per heavy atom. The predicted octanol–water partition coefficient (Wildman–Crippen LogP) is 15.0. The number of rotatable bonds is 8. The summed E-state index contributed by atoms with van der Waals surface area (Å²) in [7, 11) is 0. The van der Waals surface area contributed by atoms with Crippen molar-refractivity contribution in [2.75, 3.05) is 0 Å². The summed E-state index contributed by atoms with van der Waals surface area (Å²) in [6.45, 7) is 0. The molecule has 12 rings (SSSR count). The van der Waals surface area contributed by atoms with Gasteiger partial charge in [0.2, 0.25) is 0 Å². The molecule has 0 saturated carbocycles. The lowest BCUT2D eigenvalue weighted by Crippen LogP contribution is -1.95. The molecule has 12 aromatic rings. The van der Waals surface area contributed by atoms with Crippen molar-refractivity contribution in [2.45, 2.75) is 0 Å². The molecule has 0 fully saturated rings. The minimum Gasteiger partial charge on any atom is -0.246 e. The van der Waals surface area contributed by atoms with E-state index in [1.807, 2.05) is 48.5 Å². The highest BCUT2D eigenvalue weighted by Gasteiger charge is 2.22. The van der Waals surface area contributed by atoms with Crippen LogP contribution in [-0.2, 0) is 0 Å². The summed E-state index contributed by atoms with van der Waals surface area (Å²) in [5.41, 5.74) is 17.5. The van der Waals surface area contributed by atoms with Crippen LogP contribution in [0.5, 0.6) is 0 Å². The Morgan fingerprint density at radius 2 is 0.431 bits per heavy atom. The molecule has 8 heteroatoms. The lowest BCUT2D eigenvalue weighted by molar-refractivity contribution is 1.26. The molecule has 0 spiro atoms. The first-order valence-corrected chi connectivity index (χ1v) is 23.1. The first kappa shape index (κ1) is 42.7. The Hall–Kier alpha value is -10.6. The molecule has 0 radical (unpaired) electrons. The van der Waals surface area contributed by atoms with E-state index >= 15 is 0 Å². The topological polar surface area (TPSA) is 147 Å². The minimum atomic E-state index is 0.366. The van der Waals surface area contributed by atoms with Crippen LogP contribution in [0.15, 0.2) is 207 Å². The molecule has 0 atom stereocenters. The molecule has 8 nitrogen and oxygen atoms in total. The third-order valence-corrected chi connectivity index (χ3v) is 13.5. The Labute approximate surface area is 414 Å². The van der Waals surface area contributed by atoms with E-state index in [2.05, 4.69) is 178 Å². The van der Waals surface area contributed by atoms with Gasteiger partial charge in [-0.1, -0.05) is 121 Å². The lowest BCUT2D eigenvalue weighted by atomic mass is 9.81. The highest BCUT2D eigenvalue weighted by Crippen LogP contribution is 2.49. The highest BCUT2D eigenvalue weighted by atomic mass is 14.7. The molecule has 330 valence electrons. The molecule has 0 bridgehead atoms. The molecule has 0 saturated heterocycles. The van der Waals surface area contributed by atoms with Crippen molar-refractivity contribution in [3.05, 3.63) is 230 Å². The lowest BCUT2D eigenvalue weighted by Gasteiger charge is -2.22. The SMILES string of the molecule is N#Cc1cc(-c2ccc(-c3cc(-c4ccc(-c5ccnc(C#N)c5)cc4)c4ccc5c(-c6ccc(-c7ccnc(C#N)c7)cc6)cc(-c6ccc(-c7ccnc(C#N)c7)cc6)c6ccc3c4c65)cc2)ccn1. The number of hydrogen-bond donors (Lipinski definition) is 0. The fraction of sp³-hybridized carbons (Fsp3) is 0. The maximum Gasteiger partial charge on any atom is 0.141 e. The van der Waals surface area contributed by atoms with Gasteiger partial charge in [-0.25, -0.2) is 19.9 Å². The van der Waals surface area contributed by atoms with E-state index in [4.69, 9.17) is 0 Å². The van der Waals surface area contributed by atoms with Crippen LogP contribution < -0.4 is 0 Å². The molecular weight excluding hydrogens is 881 g/mol. The monoisotopic (exact) mass is 914 g/mol. The van der Waals surface area contributed by atoms with Gasteiger partial charge in [0, 0.05) is 24.8 Å². The minimum absolute atomic E-state index is 0.366. The zero-order valence-corrected chi connectivity index (χ0v) is 38.2. The van der Waals surface area contributed by atoms with Crippen LogP contribution in [0.2, 0.25) is 0 Å². The van der Waals surface area contributed by atoms with Crippen LogP contribution in [0.25, 0.3) is 121 Å². The number of aromatic nitrogens is 4. The summed E-state index contributed by atoms with van der Waals surface area (Å²) in [4.78, 5) is 16.7. The Balaban J connectivity index is 1.10. The Bertz CT molecular complexity index is 3730. The molecule has 0 aliphatic heterocycles. The van der Waals surface area contributed by atoms with Crippen molar-refractivity contribution < 1.29 is 0 Å². The van der Waals surface area contributed by atoms with E-state index in [9.17, 15) is 21.0 Å². The average Bonchev–Trinajstić information content (AvgIpc) is 3.46. The number of pyridine rings is 4. The van der Waals surface area contributed by atoms with Gasteiger partial charge in [-0.05, 0) is 182 Å². The van der Waals surface area contributed by atoms with E-state index in [1.54, 1.807) is 24.8 Å². The molecule has 4 aromatic heterocycles. The van der Waals surface area contributed by atoms with Crippen LogP contribution in [-0.4, -0.2) is 19.9 Å². The molecule has 72 heavy (non-hydrogen) atoms. The first-order chi connectivity index (χ1) is 35.5. The van der Waals surface area contributed by atoms with Gasteiger partial charge in [-0.2, -0.15) is 21.0 Å². The molecule has 0 amide bonds. The summed E-state index contributed by atoms with van der Waals surface area (Å²) in [6, 6.07) is 71.3. The van der Waals surface area contributed by atoms with Crippen molar-refractivity contribution in [3.8, 4) is 113 Å². The van der Waals surface area contributed by atoms with Crippen LogP contribution in [0.3, 0.4) is 0 Å². The maximum atomic E-state index is 9.59. The van der Waals surface area contributed by atoms with Gasteiger partial charge < -0.3 is 0 Å². The van der Waals surface area contributed by atoms with Gasteiger partial charge in [0.1, 0.15) is 47.1 Å². The van der Waals surface area contributed by atoms with Gasteiger partial charge in [0.05, 0.1) is 0 Å². The van der Waals surface area contributed by atoms with E-state index in [0.29, 0.717) is 22.8 Å². The summed E-state index contributed by atoms with van der Waals surface area (Å²) >= 11 is 0. The Kier molecular flexibility index (Phi) is 10.5. The molecule has 0 aliphatic rings. The van der Waals surface area contributed by atoms with Gasteiger partial charge in [-0.15, -0.1) is 0 Å². The fourth-order valence-electron chi connectivity index (χ4n) is 10.0. The van der Waals surface area contributed by atoms with E-state index in [-0.39, 0.29) is 0 Å². The highest BCUT2D eigenvalue weighted by molar-refractivity contribution is 6.32. The largest absolute Gasteiger partial charge is 0.246 e. The second-order valence-electron chi connectivity index (χ2n) is 17.5. The normalized spacial score (nSPS) is 11.0. The zero-order chi connectivity index (χ0) is 48.7. The predicted molar refractivity (Wildman–Crippen MR) is 284 cm³/mol. The van der Waals surface area contributed by atoms with Gasteiger partial charge in [0.15, 0.2) is 0 Å². The summed E-state index contributed by atoms with van der Waals surface area (Å²) < 4.78 is 0. The molecule has 0 N–H and O–H groups in total. The summed E-state index contributed by atoms with van der Waals surface area (Å²) in [5, 5.41) is 45.1. The van der Waals surface area contributed by atoms with Gasteiger partial charge in [-0.3, -0.25) is 0 Å². The van der Waals surface area contributed by atoms with Crippen LogP contribution in [0, 0.1) is 45.3 Å². The van der Waals surface area contributed by atoms with Gasteiger partial charge >= 0.3 is 0 Å². The number of nitriles is 4. The Morgan fingerprint density at radius 3 is 0.639 bits per heavy atom. The first-order valence-electron chi connectivity index (χ1n) is 23.1. The second kappa shape index (κ2) is 17.8. The number of hydrogen-bond acceptors (Lipinski definition) is 8.